The molecule has 0 aromatic heterocycles. The summed E-state index contributed by atoms with van der Waals surface area (Å²) in [6.07, 6.45) is -3.02. The van der Waals surface area contributed by atoms with Crippen LogP contribution >= 0.6 is 11.8 Å². The molecule has 13 heteroatoms. The second-order valence-corrected chi connectivity index (χ2v) is 7.69. The number of nitro benzene ring substituents is 1. The van der Waals surface area contributed by atoms with Gasteiger partial charge in [0.2, 0.25) is 0 Å². The van der Waals surface area contributed by atoms with Gasteiger partial charge in [0.25, 0.3) is 5.69 Å². The predicted octanol–water partition coefficient (Wildman–Crippen LogP) is 3.01. The minimum absolute atomic E-state index is 0.0879. The number of nitro groups is 1. The number of hydrazine groups is 1. The van der Waals surface area contributed by atoms with Crippen molar-refractivity contribution in [2.45, 2.75) is 26.4 Å². The van der Waals surface area contributed by atoms with Gasteiger partial charge in [0, 0.05) is 30.2 Å². The number of nitrogens with one attached hydrogen (secondary N) is 2. The average Bonchev–Trinajstić information content (AvgIpc) is 2.62. The van der Waals surface area contributed by atoms with Gasteiger partial charge in [-0.25, -0.2) is 19.8 Å². The zero-order valence-corrected chi connectivity index (χ0v) is 17.5. The lowest BCUT2D eigenvalue weighted by atomic mass is 10.2. The summed E-state index contributed by atoms with van der Waals surface area (Å²) in [5.41, 5.74) is 3.86. The highest BCUT2D eigenvalue weighted by Crippen LogP contribution is 2.17. The minimum Gasteiger partial charge on any atom is -0.433 e. The van der Waals surface area contributed by atoms with E-state index in [4.69, 9.17) is 14.2 Å². The molecule has 30 heavy (non-hydrogen) atoms. The first-order valence-corrected chi connectivity index (χ1v) is 9.83. The number of nitrogens with zero attached hydrogens (tertiary/aromatic N) is 1. The number of non-ortho nitro benzene ring substituents is 1. The largest absolute Gasteiger partial charge is 0.517 e. The van der Waals surface area contributed by atoms with Crippen molar-refractivity contribution in [3.05, 3.63) is 34.4 Å². The van der Waals surface area contributed by atoms with Crippen LogP contribution in [-0.4, -0.2) is 53.6 Å². The van der Waals surface area contributed by atoms with E-state index in [1.165, 1.54) is 36.0 Å². The van der Waals surface area contributed by atoms with E-state index < -0.39 is 28.9 Å². The van der Waals surface area contributed by atoms with Crippen LogP contribution in [-0.2, 0) is 14.2 Å². The van der Waals surface area contributed by atoms with Gasteiger partial charge < -0.3 is 18.9 Å². The van der Waals surface area contributed by atoms with Crippen LogP contribution in [0.1, 0.15) is 20.8 Å². The molecule has 0 aliphatic rings. The molecule has 0 atom stereocenters. The monoisotopic (exact) mass is 445 g/mol. The van der Waals surface area contributed by atoms with Crippen molar-refractivity contribution in [1.82, 2.24) is 10.9 Å². The smallest absolute Gasteiger partial charge is 0.433 e. The van der Waals surface area contributed by atoms with Gasteiger partial charge in [-0.3, -0.25) is 15.5 Å². The van der Waals surface area contributed by atoms with Crippen LogP contribution in [0, 0.1) is 10.1 Å². The van der Waals surface area contributed by atoms with Crippen LogP contribution in [0.4, 0.5) is 20.1 Å². The van der Waals surface area contributed by atoms with Crippen molar-refractivity contribution in [1.29, 1.82) is 0 Å². The van der Waals surface area contributed by atoms with Crippen molar-refractivity contribution in [3.63, 3.8) is 0 Å². The fourth-order valence-electron chi connectivity index (χ4n) is 1.68. The lowest BCUT2D eigenvalue weighted by Crippen LogP contribution is -2.40. The van der Waals surface area contributed by atoms with Gasteiger partial charge in [-0.15, -0.1) is 0 Å². The first-order chi connectivity index (χ1) is 14.1. The Hall–Kier alpha value is -3.06. The van der Waals surface area contributed by atoms with Crippen molar-refractivity contribution in [3.8, 4) is 5.75 Å². The summed E-state index contributed by atoms with van der Waals surface area (Å²) in [6.45, 7) is 5.37. The van der Waals surface area contributed by atoms with E-state index in [2.05, 4.69) is 15.6 Å². The maximum absolute atomic E-state index is 11.5. The number of benzene rings is 1. The van der Waals surface area contributed by atoms with Gasteiger partial charge in [0.1, 0.15) is 18.0 Å². The predicted molar refractivity (Wildman–Crippen MR) is 106 cm³/mol. The maximum atomic E-state index is 11.5. The number of hydrogen-bond donors (Lipinski definition) is 2. The van der Waals surface area contributed by atoms with Crippen molar-refractivity contribution >= 4 is 35.9 Å². The van der Waals surface area contributed by atoms with E-state index >= 15 is 0 Å². The maximum Gasteiger partial charge on any atom is 0.517 e. The fourth-order valence-corrected chi connectivity index (χ4v) is 2.33. The second kappa shape index (κ2) is 12.5. The molecule has 0 bridgehead atoms. The molecule has 1 aromatic rings. The van der Waals surface area contributed by atoms with E-state index in [1.807, 2.05) is 0 Å². The molecule has 2 N–H and O–H groups in total. The van der Waals surface area contributed by atoms with E-state index in [9.17, 15) is 24.5 Å². The molecule has 0 saturated carbocycles. The molecule has 166 valence electrons. The van der Waals surface area contributed by atoms with E-state index in [0.717, 1.165) is 0 Å². The summed E-state index contributed by atoms with van der Waals surface area (Å²) >= 11 is 1.43. The molecule has 0 unspecified atom stereocenters. The number of amides is 1. The number of carbonyl (C=O) groups excluding carboxylic acids is 3. The Morgan fingerprint density at radius 3 is 2.37 bits per heavy atom. The van der Waals surface area contributed by atoms with Crippen LogP contribution in [0.2, 0.25) is 0 Å². The molecule has 12 nitrogen and oxygen atoms in total. The Labute approximate surface area is 176 Å². The Kier molecular flexibility index (Phi) is 10.4. The first-order valence-electron chi connectivity index (χ1n) is 8.67. The van der Waals surface area contributed by atoms with Gasteiger partial charge >= 0.3 is 18.4 Å². The molecule has 0 radical (unpaired) electrons. The summed E-state index contributed by atoms with van der Waals surface area (Å²) < 4.78 is 19.0. The molecule has 0 saturated heterocycles. The SMILES string of the molecule is CC(C)(C)OC(=O)OC(=O)NNCCSCCOC(=O)Oc1ccc([N+](=O)[O-])cc1. The molecular formula is C17H23N3O9S. The average molecular weight is 445 g/mol. The van der Waals surface area contributed by atoms with Crippen molar-refractivity contribution in [2.24, 2.45) is 0 Å². The Morgan fingerprint density at radius 1 is 1.10 bits per heavy atom. The fraction of sp³-hybridized carbons (Fsp3) is 0.471. The van der Waals surface area contributed by atoms with Gasteiger partial charge in [0.15, 0.2) is 0 Å². The Balaban J connectivity index is 2.05. The van der Waals surface area contributed by atoms with Crippen LogP contribution in [0.25, 0.3) is 0 Å². The van der Waals surface area contributed by atoms with Crippen LogP contribution in [0.15, 0.2) is 24.3 Å². The van der Waals surface area contributed by atoms with Crippen molar-refractivity contribution < 1.29 is 38.3 Å². The highest BCUT2D eigenvalue weighted by Gasteiger charge is 2.20. The number of hydrogen-bond acceptors (Lipinski definition) is 11. The molecule has 0 fully saturated rings. The minimum atomic E-state index is -1.10. The summed E-state index contributed by atoms with van der Waals surface area (Å²) in [4.78, 5) is 44.1. The van der Waals surface area contributed by atoms with Gasteiger partial charge in [-0.05, 0) is 32.9 Å². The van der Waals surface area contributed by atoms with E-state index in [-0.39, 0.29) is 18.0 Å². The molecule has 0 spiro atoms. The third-order valence-electron chi connectivity index (χ3n) is 2.82. The zero-order chi connectivity index (χ0) is 22.6. The molecule has 0 heterocycles. The van der Waals surface area contributed by atoms with E-state index in [1.54, 1.807) is 20.8 Å². The molecule has 1 rings (SSSR count). The number of ether oxygens (including phenoxy) is 4. The van der Waals surface area contributed by atoms with Crippen LogP contribution in [0.3, 0.4) is 0 Å². The van der Waals surface area contributed by atoms with Gasteiger partial charge in [-0.1, -0.05) is 0 Å². The first kappa shape index (κ1) is 25.0. The summed E-state index contributed by atoms with van der Waals surface area (Å²) in [7, 11) is 0. The third kappa shape index (κ3) is 11.7. The quantitative estimate of drug-likeness (QED) is 0.144. The lowest BCUT2D eigenvalue weighted by molar-refractivity contribution is -0.384. The number of thioether (sulfide) groups is 1. The lowest BCUT2D eigenvalue weighted by Gasteiger charge is -2.18. The molecular weight excluding hydrogens is 422 g/mol. The molecule has 1 amide bonds. The van der Waals surface area contributed by atoms with Crippen LogP contribution in [0.5, 0.6) is 5.75 Å². The topological polar surface area (TPSA) is 155 Å². The Morgan fingerprint density at radius 2 is 1.77 bits per heavy atom. The van der Waals surface area contributed by atoms with Crippen molar-refractivity contribution in [2.75, 3.05) is 24.7 Å². The molecule has 0 aliphatic heterocycles. The van der Waals surface area contributed by atoms with Gasteiger partial charge in [0.05, 0.1) is 4.92 Å². The zero-order valence-electron chi connectivity index (χ0n) is 16.7. The summed E-state index contributed by atoms with van der Waals surface area (Å²) in [6, 6.07) is 5.01. The summed E-state index contributed by atoms with van der Waals surface area (Å²) in [5, 5.41) is 10.5. The normalized spacial score (nSPS) is 10.6. The second-order valence-electron chi connectivity index (χ2n) is 6.47. The van der Waals surface area contributed by atoms with E-state index in [0.29, 0.717) is 18.1 Å². The van der Waals surface area contributed by atoms with Crippen LogP contribution < -0.4 is 15.6 Å². The molecule has 1 aromatic carbocycles. The summed E-state index contributed by atoms with van der Waals surface area (Å²) in [5.74, 6) is 1.17. The highest BCUT2D eigenvalue weighted by atomic mass is 32.2. The standard InChI is InChI=1S/C17H23N3O9S/c1-17(2,3)29-16(23)28-14(21)19-18-8-10-30-11-9-26-15(22)27-13-6-4-12(5-7-13)20(24)25/h4-7,18H,8-11H2,1-3H3,(H,19,21). The third-order valence-corrected chi connectivity index (χ3v) is 3.77. The number of rotatable bonds is 9. The number of carbonyl (C=O) groups is 3. The highest BCUT2D eigenvalue weighted by molar-refractivity contribution is 7.99. The van der Waals surface area contributed by atoms with Gasteiger partial charge in [-0.2, -0.15) is 11.8 Å². The molecule has 0 aliphatic carbocycles. The Bertz CT molecular complexity index is 735.